The zero-order chi connectivity index (χ0) is 16.3. The van der Waals surface area contributed by atoms with Crippen molar-refractivity contribution >= 4 is 17.5 Å². The van der Waals surface area contributed by atoms with Gasteiger partial charge in [0, 0.05) is 19.0 Å². The predicted octanol–water partition coefficient (Wildman–Crippen LogP) is 1.11. The number of likely N-dealkylation sites (tertiary alicyclic amines) is 1. The van der Waals surface area contributed by atoms with Gasteiger partial charge in [-0.15, -0.1) is 0 Å². The number of carbonyl (C=O) groups is 3. The summed E-state index contributed by atoms with van der Waals surface area (Å²) in [7, 11) is 3.90. The van der Waals surface area contributed by atoms with Gasteiger partial charge >= 0.3 is 0 Å². The minimum atomic E-state index is -1.10. The number of piperidine rings is 1. The molecule has 5 nitrogen and oxygen atoms in total. The van der Waals surface area contributed by atoms with Crippen LogP contribution in [0.25, 0.3) is 0 Å². The SMILES string of the molecule is CN1CCC(N(C)C(=O)C23CCC(C(=O)C2=O)C3(C)C)CC1. The summed E-state index contributed by atoms with van der Waals surface area (Å²) >= 11 is 0. The maximum absolute atomic E-state index is 13.2. The Hall–Kier alpha value is -1.23. The summed E-state index contributed by atoms with van der Waals surface area (Å²) in [5.74, 6) is -1.14. The van der Waals surface area contributed by atoms with E-state index in [2.05, 4.69) is 11.9 Å². The molecule has 2 unspecified atom stereocenters. The molecular formula is C17H26N2O3. The maximum atomic E-state index is 13.2. The number of fused-ring (bicyclic) bond motifs is 2. The molecule has 5 heteroatoms. The summed E-state index contributed by atoms with van der Waals surface area (Å²) in [6, 6.07) is 0.177. The lowest BCUT2D eigenvalue weighted by atomic mass is 9.67. The highest BCUT2D eigenvalue weighted by atomic mass is 16.2. The molecule has 0 aromatic carbocycles. The first-order valence-electron chi connectivity index (χ1n) is 8.28. The van der Waals surface area contributed by atoms with Gasteiger partial charge in [0.25, 0.3) is 0 Å². The van der Waals surface area contributed by atoms with Gasteiger partial charge in [0.15, 0.2) is 0 Å². The lowest BCUT2D eigenvalue weighted by Gasteiger charge is -2.42. The fourth-order valence-electron chi connectivity index (χ4n) is 4.90. The zero-order valence-corrected chi connectivity index (χ0v) is 14.0. The molecule has 0 aromatic heterocycles. The molecule has 2 saturated carbocycles. The molecule has 3 fully saturated rings. The van der Waals surface area contributed by atoms with Crippen molar-refractivity contribution in [2.75, 3.05) is 27.2 Å². The number of hydrogen-bond acceptors (Lipinski definition) is 4. The van der Waals surface area contributed by atoms with Crippen LogP contribution in [-0.2, 0) is 14.4 Å². The van der Waals surface area contributed by atoms with Crippen LogP contribution >= 0.6 is 0 Å². The van der Waals surface area contributed by atoms with Gasteiger partial charge in [-0.25, -0.2) is 0 Å². The molecule has 1 heterocycles. The second kappa shape index (κ2) is 4.88. The lowest BCUT2D eigenvalue weighted by molar-refractivity contribution is -0.156. The first kappa shape index (κ1) is 15.7. The minimum absolute atomic E-state index is 0.120. The molecule has 0 radical (unpaired) electrons. The van der Waals surface area contributed by atoms with Crippen LogP contribution in [0.15, 0.2) is 0 Å². The fraction of sp³-hybridized carbons (Fsp3) is 0.824. The van der Waals surface area contributed by atoms with Crippen LogP contribution < -0.4 is 0 Å². The highest BCUT2D eigenvalue weighted by molar-refractivity contribution is 6.47. The highest BCUT2D eigenvalue weighted by Crippen LogP contribution is 2.63. The van der Waals surface area contributed by atoms with Crippen LogP contribution in [-0.4, -0.2) is 60.5 Å². The Morgan fingerprint density at radius 2 is 1.77 bits per heavy atom. The topological polar surface area (TPSA) is 57.7 Å². The van der Waals surface area contributed by atoms with E-state index in [1.807, 2.05) is 20.9 Å². The van der Waals surface area contributed by atoms with Gasteiger partial charge in [0.2, 0.25) is 17.5 Å². The van der Waals surface area contributed by atoms with E-state index < -0.39 is 16.6 Å². The molecule has 0 N–H and O–H groups in total. The van der Waals surface area contributed by atoms with Gasteiger partial charge in [-0.05, 0) is 51.2 Å². The van der Waals surface area contributed by atoms with Crippen molar-refractivity contribution in [3.8, 4) is 0 Å². The van der Waals surface area contributed by atoms with Crippen molar-refractivity contribution in [2.24, 2.45) is 16.7 Å². The molecule has 1 saturated heterocycles. The Labute approximate surface area is 132 Å². The Morgan fingerprint density at radius 1 is 1.18 bits per heavy atom. The number of ketones is 2. The second-order valence-electron chi connectivity index (χ2n) is 7.86. The largest absolute Gasteiger partial charge is 0.342 e. The molecule has 3 rings (SSSR count). The number of rotatable bonds is 2. The van der Waals surface area contributed by atoms with Gasteiger partial charge in [-0.2, -0.15) is 0 Å². The molecule has 2 bridgehead atoms. The summed E-state index contributed by atoms with van der Waals surface area (Å²) in [4.78, 5) is 42.0. The van der Waals surface area contributed by atoms with E-state index in [1.54, 1.807) is 4.90 Å². The minimum Gasteiger partial charge on any atom is -0.342 e. The third kappa shape index (κ3) is 1.78. The highest BCUT2D eigenvalue weighted by Gasteiger charge is 2.73. The Morgan fingerprint density at radius 3 is 2.27 bits per heavy atom. The normalized spacial score (nSPS) is 35.2. The standard InChI is InChI=1S/C17H26N2O3/c1-16(2)12-5-8-17(16,14(21)13(12)20)15(22)19(4)11-6-9-18(3)10-7-11/h11-12H,5-10H2,1-4H3. The number of nitrogens with zero attached hydrogens (tertiary/aromatic N) is 2. The van der Waals surface area contributed by atoms with E-state index in [0.717, 1.165) is 25.9 Å². The van der Waals surface area contributed by atoms with Gasteiger partial charge in [0.1, 0.15) is 5.41 Å². The molecule has 1 aliphatic heterocycles. The van der Waals surface area contributed by atoms with Gasteiger partial charge in [0.05, 0.1) is 0 Å². The van der Waals surface area contributed by atoms with E-state index in [9.17, 15) is 14.4 Å². The van der Waals surface area contributed by atoms with Crippen molar-refractivity contribution in [1.29, 1.82) is 0 Å². The molecular weight excluding hydrogens is 280 g/mol. The maximum Gasteiger partial charge on any atom is 0.237 e. The molecule has 2 aliphatic carbocycles. The van der Waals surface area contributed by atoms with Crippen LogP contribution in [0.4, 0.5) is 0 Å². The summed E-state index contributed by atoms with van der Waals surface area (Å²) in [5, 5.41) is 0. The molecule has 0 spiro atoms. The molecule has 2 atom stereocenters. The zero-order valence-electron chi connectivity index (χ0n) is 14.0. The Bertz CT molecular complexity index is 534. The van der Waals surface area contributed by atoms with Crippen LogP contribution in [0.1, 0.15) is 39.5 Å². The summed E-state index contributed by atoms with van der Waals surface area (Å²) in [6.45, 7) is 5.78. The van der Waals surface area contributed by atoms with Gasteiger partial charge < -0.3 is 9.80 Å². The van der Waals surface area contributed by atoms with Crippen LogP contribution in [0.2, 0.25) is 0 Å². The van der Waals surface area contributed by atoms with Crippen molar-refractivity contribution in [2.45, 2.75) is 45.6 Å². The van der Waals surface area contributed by atoms with Crippen LogP contribution in [0.5, 0.6) is 0 Å². The van der Waals surface area contributed by atoms with Crippen LogP contribution in [0, 0.1) is 16.7 Å². The molecule has 0 aromatic rings. The Balaban J connectivity index is 1.88. The van der Waals surface area contributed by atoms with Gasteiger partial charge in [-0.1, -0.05) is 13.8 Å². The monoisotopic (exact) mass is 306 g/mol. The smallest absolute Gasteiger partial charge is 0.237 e. The summed E-state index contributed by atoms with van der Waals surface area (Å²) < 4.78 is 0. The van der Waals surface area contributed by atoms with E-state index >= 15 is 0 Å². The third-order valence-corrected chi connectivity index (χ3v) is 6.63. The number of amides is 1. The summed E-state index contributed by atoms with van der Waals surface area (Å²) in [6.07, 6.45) is 3.07. The van der Waals surface area contributed by atoms with E-state index in [1.165, 1.54) is 0 Å². The third-order valence-electron chi connectivity index (χ3n) is 6.63. The molecule has 1 amide bonds. The lowest BCUT2D eigenvalue weighted by Crippen LogP contribution is -2.55. The molecule has 3 aliphatic rings. The number of Topliss-reactive ketones (excluding diaryl/α,β-unsaturated/α-hetero) is 2. The number of carbonyl (C=O) groups excluding carboxylic acids is 3. The van der Waals surface area contributed by atoms with E-state index in [-0.39, 0.29) is 23.7 Å². The van der Waals surface area contributed by atoms with Crippen LogP contribution in [0.3, 0.4) is 0 Å². The quantitative estimate of drug-likeness (QED) is 0.566. The van der Waals surface area contributed by atoms with Crippen molar-refractivity contribution < 1.29 is 14.4 Å². The van der Waals surface area contributed by atoms with Crippen molar-refractivity contribution in [1.82, 2.24) is 9.80 Å². The average molecular weight is 306 g/mol. The van der Waals surface area contributed by atoms with Gasteiger partial charge in [-0.3, -0.25) is 14.4 Å². The van der Waals surface area contributed by atoms with E-state index in [0.29, 0.717) is 12.8 Å². The van der Waals surface area contributed by atoms with Crippen molar-refractivity contribution in [3.63, 3.8) is 0 Å². The first-order valence-corrected chi connectivity index (χ1v) is 8.28. The van der Waals surface area contributed by atoms with E-state index in [4.69, 9.17) is 0 Å². The molecule has 122 valence electrons. The second-order valence-corrected chi connectivity index (χ2v) is 7.86. The fourth-order valence-corrected chi connectivity index (χ4v) is 4.90. The predicted molar refractivity (Wildman–Crippen MR) is 82.2 cm³/mol. The number of hydrogen-bond donors (Lipinski definition) is 0. The summed E-state index contributed by atoms with van der Waals surface area (Å²) in [5.41, 5.74) is -1.65. The first-order chi connectivity index (χ1) is 10.2. The van der Waals surface area contributed by atoms with Crippen molar-refractivity contribution in [3.05, 3.63) is 0 Å². The Kier molecular flexibility index (Phi) is 3.47. The molecule has 22 heavy (non-hydrogen) atoms. The average Bonchev–Trinajstić information content (AvgIpc) is 2.83.